The van der Waals surface area contributed by atoms with Crippen LogP contribution in [-0.4, -0.2) is 37.5 Å². The third-order valence-electron chi connectivity index (χ3n) is 4.00. The Bertz CT molecular complexity index is 793. The fourth-order valence-electron chi connectivity index (χ4n) is 2.51. The van der Waals surface area contributed by atoms with Gasteiger partial charge in [-0.25, -0.2) is 0 Å². The molecule has 0 bridgehead atoms. The van der Waals surface area contributed by atoms with E-state index in [1.165, 1.54) is 11.8 Å². The first-order valence-electron chi connectivity index (χ1n) is 8.40. The summed E-state index contributed by atoms with van der Waals surface area (Å²) in [7, 11) is 3.12. The third kappa shape index (κ3) is 6.18. The Hall–Kier alpha value is -2.73. The lowest BCUT2D eigenvalue weighted by atomic mass is 10.2. The predicted molar refractivity (Wildman–Crippen MR) is 104 cm³/mol. The van der Waals surface area contributed by atoms with Crippen LogP contribution < -0.4 is 14.8 Å². The summed E-state index contributed by atoms with van der Waals surface area (Å²) in [6.07, 6.45) is 0. The molecule has 6 nitrogen and oxygen atoms in total. The van der Waals surface area contributed by atoms with Crippen LogP contribution in [-0.2, 0) is 22.7 Å². The smallest absolute Gasteiger partial charge is 0.239 e. The summed E-state index contributed by atoms with van der Waals surface area (Å²) in [5.74, 6) is 0.802. The molecule has 0 spiro atoms. The molecule has 0 atom stereocenters. The minimum absolute atomic E-state index is 0.0226. The van der Waals surface area contributed by atoms with E-state index in [1.807, 2.05) is 18.2 Å². The summed E-state index contributed by atoms with van der Waals surface area (Å²) < 4.78 is 10.4. The maximum atomic E-state index is 12.3. The standard InChI is InChI=1S/C20H23ClN2O4/c1-14(24)23(12-15-4-7-17(21)8-5-15)13-20(25)22-11-16-6-9-18(26-2)19(10-16)27-3/h4-10H,11-13H2,1-3H3,(H,22,25). The van der Waals surface area contributed by atoms with E-state index in [-0.39, 0.29) is 18.4 Å². The van der Waals surface area contributed by atoms with Crippen LogP contribution in [0.4, 0.5) is 0 Å². The van der Waals surface area contributed by atoms with Gasteiger partial charge in [0.1, 0.15) is 0 Å². The third-order valence-corrected chi connectivity index (χ3v) is 4.26. The molecule has 0 unspecified atom stereocenters. The van der Waals surface area contributed by atoms with Crippen LogP contribution in [0, 0.1) is 0 Å². The Morgan fingerprint density at radius 3 is 2.22 bits per heavy atom. The first-order valence-corrected chi connectivity index (χ1v) is 8.78. The van der Waals surface area contributed by atoms with Gasteiger partial charge in [-0.1, -0.05) is 29.8 Å². The van der Waals surface area contributed by atoms with E-state index >= 15 is 0 Å². The van der Waals surface area contributed by atoms with Crippen LogP contribution in [0.15, 0.2) is 42.5 Å². The van der Waals surface area contributed by atoms with Gasteiger partial charge in [-0.3, -0.25) is 9.59 Å². The van der Waals surface area contributed by atoms with Crippen molar-refractivity contribution in [2.45, 2.75) is 20.0 Å². The largest absolute Gasteiger partial charge is 0.493 e. The van der Waals surface area contributed by atoms with Crippen LogP contribution in [0.3, 0.4) is 0 Å². The van der Waals surface area contributed by atoms with Gasteiger partial charge < -0.3 is 19.7 Å². The van der Waals surface area contributed by atoms with Gasteiger partial charge in [0.15, 0.2) is 11.5 Å². The van der Waals surface area contributed by atoms with E-state index in [0.29, 0.717) is 29.6 Å². The molecule has 0 aliphatic rings. The lowest BCUT2D eigenvalue weighted by Gasteiger charge is -2.21. The number of nitrogens with one attached hydrogen (secondary N) is 1. The zero-order valence-electron chi connectivity index (χ0n) is 15.6. The number of nitrogens with zero attached hydrogens (tertiary/aromatic N) is 1. The molecule has 7 heteroatoms. The molecule has 2 aromatic rings. The van der Waals surface area contributed by atoms with Gasteiger partial charge >= 0.3 is 0 Å². The molecule has 0 heterocycles. The number of amides is 2. The van der Waals surface area contributed by atoms with Gasteiger partial charge in [0.05, 0.1) is 20.8 Å². The van der Waals surface area contributed by atoms with Crippen LogP contribution in [0.5, 0.6) is 11.5 Å². The van der Waals surface area contributed by atoms with Crippen LogP contribution in [0.25, 0.3) is 0 Å². The van der Waals surface area contributed by atoms with Crippen molar-refractivity contribution in [1.29, 1.82) is 0 Å². The SMILES string of the molecule is COc1ccc(CNC(=O)CN(Cc2ccc(Cl)cc2)C(C)=O)cc1OC. The van der Waals surface area contributed by atoms with Crippen molar-refractivity contribution < 1.29 is 19.1 Å². The van der Waals surface area contributed by atoms with Gasteiger partial charge in [-0.15, -0.1) is 0 Å². The van der Waals surface area contributed by atoms with Crippen molar-refractivity contribution in [1.82, 2.24) is 10.2 Å². The lowest BCUT2D eigenvalue weighted by molar-refractivity contribution is -0.135. The van der Waals surface area contributed by atoms with Crippen molar-refractivity contribution >= 4 is 23.4 Å². The van der Waals surface area contributed by atoms with E-state index < -0.39 is 0 Å². The number of hydrogen-bond acceptors (Lipinski definition) is 4. The average molecular weight is 391 g/mol. The zero-order valence-corrected chi connectivity index (χ0v) is 16.4. The van der Waals surface area contributed by atoms with E-state index in [9.17, 15) is 9.59 Å². The molecule has 0 aliphatic heterocycles. The first-order chi connectivity index (χ1) is 12.9. The molecule has 0 saturated carbocycles. The number of carbonyl (C=O) groups is 2. The molecule has 0 aliphatic carbocycles. The first kappa shape index (κ1) is 20.6. The quantitative estimate of drug-likeness (QED) is 0.752. The monoisotopic (exact) mass is 390 g/mol. The molecular formula is C20H23ClN2O4. The van der Waals surface area contributed by atoms with Crippen molar-refractivity contribution in [3.05, 3.63) is 58.6 Å². The van der Waals surface area contributed by atoms with E-state index in [2.05, 4.69) is 5.32 Å². The molecule has 0 radical (unpaired) electrons. The van der Waals surface area contributed by atoms with Gasteiger partial charge in [-0.05, 0) is 35.4 Å². The predicted octanol–water partition coefficient (Wildman–Crippen LogP) is 3.02. The number of hydrogen-bond donors (Lipinski definition) is 1. The highest BCUT2D eigenvalue weighted by Gasteiger charge is 2.14. The summed E-state index contributed by atoms with van der Waals surface area (Å²) in [5, 5.41) is 3.44. The second-order valence-electron chi connectivity index (χ2n) is 5.97. The van der Waals surface area contributed by atoms with Crippen molar-refractivity contribution in [2.75, 3.05) is 20.8 Å². The molecule has 1 N–H and O–H groups in total. The highest BCUT2D eigenvalue weighted by molar-refractivity contribution is 6.30. The maximum absolute atomic E-state index is 12.3. The second-order valence-corrected chi connectivity index (χ2v) is 6.40. The van der Waals surface area contributed by atoms with Gasteiger partial charge in [0.25, 0.3) is 0 Å². The molecule has 2 rings (SSSR count). The number of benzene rings is 2. The van der Waals surface area contributed by atoms with Crippen molar-refractivity contribution in [3.8, 4) is 11.5 Å². The molecule has 144 valence electrons. The molecule has 2 amide bonds. The lowest BCUT2D eigenvalue weighted by Crippen LogP contribution is -2.39. The number of rotatable bonds is 8. The van der Waals surface area contributed by atoms with Crippen molar-refractivity contribution in [2.24, 2.45) is 0 Å². The Balaban J connectivity index is 1.94. The number of ether oxygens (including phenoxy) is 2. The Morgan fingerprint density at radius 1 is 1.00 bits per heavy atom. The number of carbonyl (C=O) groups excluding carboxylic acids is 2. The fourth-order valence-corrected chi connectivity index (χ4v) is 2.64. The average Bonchev–Trinajstić information content (AvgIpc) is 2.67. The normalized spacial score (nSPS) is 10.2. The minimum atomic E-state index is -0.242. The van der Waals surface area contributed by atoms with Crippen LogP contribution in [0.1, 0.15) is 18.1 Å². The zero-order chi connectivity index (χ0) is 19.8. The minimum Gasteiger partial charge on any atom is -0.493 e. The summed E-state index contributed by atoms with van der Waals surface area (Å²) in [5.41, 5.74) is 1.77. The summed E-state index contributed by atoms with van der Waals surface area (Å²) >= 11 is 5.87. The Labute approximate surface area is 164 Å². The van der Waals surface area contributed by atoms with Crippen LogP contribution >= 0.6 is 11.6 Å². The van der Waals surface area contributed by atoms with Gasteiger partial charge in [-0.2, -0.15) is 0 Å². The molecule has 27 heavy (non-hydrogen) atoms. The molecular weight excluding hydrogens is 368 g/mol. The number of halogens is 1. The van der Waals surface area contributed by atoms with E-state index in [0.717, 1.165) is 11.1 Å². The molecule has 2 aromatic carbocycles. The van der Waals surface area contributed by atoms with Crippen molar-refractivity contribution in [3.63, 3.8) is 0 Å². The van der Waals surface area contributed by atoms with Crippen LogP contribution in [0.2, 0.25) is 5.02 Å². The topological polar surface area (TPSA) is 67.9 Å². The van der Waals surface area contributed by atoms with E-state index in [4.69, 9.17) is 21.1 Å². The second kappa shape index (κ2) is 9.83. The Kier molecular flexibility index (Phi) is 7.49. The number of methoxy groups -OCH3 is 2. The summed E-state index contributed by atoms with van der Waals surface area (Å²) in [6.45, 7) is 2.09. The summed E-state index contributed by atoms with van der Waals surface area (Å²) in [4.78, 5) is 25.6. The highest BCUT2D eigenvalue weighted by atomic mass is 35.5. The van der Waals surface area contributed by atoms with Gasteiger partial charge in [0, 0.05) is 25.0 Å². The highest BCUT2D eigenvalue weighted by Crippen LogP contribution is 2.27. The Morgan fingerprint density at radius 2 is 1.63 bits per heavy atom. The molecule has 0 fully saturated rings. The van der Waals surface area contributed by atoms with E-state index in [1.54, 1.807) is 38.5 Å². The maximum Gasteiger partial charge on any atom is 0.239 e. The molecule has 0 saturated heterocycles. The fraction of sp³-hybridized carbons (Fsp3) is 0.300. The summed E-state index contributed by atoms with van der Waals surface area (Å²) in [6, 6.07) is 12.6. The van der Waals surface area contributed by atoms with Gasteiger partial charge in [0.2, 0.25) is 11.8 Å². The molecule has 0 aromatic heterocycles.